The van der Waals surface area contributed by atoms with Crippen LogP contribution in [0, 0.1) is 0 Å². The van der Waals surface area contributed by atoms with Crippen LogP contribution in [0.25, 0.3) is 0 Å². The number of carbonyl (C=O) groups excluding carboxylic acids is 3. The number of ether oxygens (including phenoxy) is 2. The molecule has 34 heavy (non-hydrogen) atoms. The Balaban J connectivity index is 1.44. The van der Waals surface area contributed by atoms with Crippen molar-refractivity contribution in [3.63, 3.8) is 0 Å². The molecule has 0 aromatic heterocycles. The van der Waals surface area contributed by atoms with Crippen LogP contribution in [0.1, 0.15) is 56.6 Å². The molecule has 0 aliphatic carbocycles. The second kappa shape index (κ2) is 9.12. The molecule has 3 heterocycles. The lowest BCUT2D eigenvalue weighted by molar-refractivity contribution is -0.144. The van der Waals surface area contributed by atoms with Gasteiger partial charge in [0.1, 0.15) is 0 Å². The zero-order valence-corrected chi connectivity index (χ0v) is 19.5. The van der Waals surface area contributed by atoms with E-state index in [9.17, 15) is 14.4 Å². The molecule has 0 bridgehead atoms. The minimum absolute atomic E-state index is 0.00320. The van der Waals surface area contributed by atoms with Gasteiger partial charge in [-0.2, -0.15) is 0 Å². The quantitative estimate of drug-likeness (QED) is 0.611. The molecule has 3 aliphatic heterocycles. The molecule has 2 saturated heterocycles. The number of benzene rings is 2. The number of carbonyl (C=O) groups is 3. The van der Waals surface area contributed by atoms with Gasteiger partial charge in [0.25, 0.3) is 0 Å². The van der Waals surface area contributed by atoms with E-state index in [0.717, 1.165) is 36.8 Å². The Morgan fingerprint density at radius 3 is 2.65 bits per heavy atom. The second-order valence-electron chi connectivity index (χ2n) is 9.42. The molecule has 0 unspecified atom stereocenters. The van der Waals surface area contributed by atoms with E-state index in [0.29, 0.717) is 18.0 Å². The number of hydrogen-bond acceptors (Lipinski definition) is 5. The van der Waals surface area contributed by atoms with E-state index in [1.54, 1.807) is 12.1 Å². The van der Waals surface area contributed by atoms with Gasteiger partial charge in [0.15, 0.2) is 11.5 Å². The van der Waals surface area contributed by atoms with E-state index in [2.05, 4.69) is 6.92 Å². The molecular formula is C27H30N2O5. The first-order valence-corrected chi connectivity index (χ1v) is 12.1. The first-order valence-electron chi connectivity index (χ1n) is 12.1. The van der Waals surface area contributed by atoms with Crippen molar-refractivity contribution in [3.05, 3.63) is 59.7 Å². The molecule has 0 spiro atoms. The van der Waals surface area contributed by atoms with Crippen molar-refractivity contribution in [1.29, 1.82) is 0 Å². The van der Waals surface area contributed by atoms with E-state index >= 15 is 0 Å². The van der Waals surface area contributed by atoms with Crippen LogP contribution in [0.15, 0.2) is 48.5 Å². The second-order valence-corrected chi connectivity index (χ2v) is 9.42. The van der Waals surface area contributed by atoms with Crippen molar-refractivity contribution in [1.82, 2.24) is 9.80 Å². The lowest BCUT2D eigenvalue weighted by atomic mass is 9.75. The van der Waals surface area contributed by atoms with Gasteiger partial charge >= 0.3 is 0 Å². The summed E-state index contributed by atoms with van der Waals surface area (Å²) >= 11 is 0. The predicted molar refractivity (Wildman–Crippen MR) is 125 cm³/mol. The van der Waals surface area contributed by atoms with Gasteiger partial charge in [-0.3, -0.25) is 19.3 Å². The molecule has 0 N–H and O–H groups in total. The predicted octanol–water partition coefficient (Wildman–Crippen LogP) is 3.79. The van der Waals surface area contributed by atoms with Gasteiger partial charge in [0.2, 0.25) is 24.5 Å². The number of likely N-dealkylation sites (tertiary alicyclic amines) is 2. The standard InChI is InChI=1S/C27H30N2O5/c1-2-21-10-6-7-13-28(21)24(30)15-27(20-8-4-3-5-9-20)16-25(31)29(26(27)32)17-19-11-12-22-23(14-19)34-18-33-22/h3-5,8-9,11-12,14,21H,2,6-7,10,13,15-18H2,1H3/t21-,27+/m0/s1. The van der Waals surface area contributed by atoms with Crippen LogP contribution in [0.5, 0.6) is 11.5 Å². The molecule has 2 atom stereocenters. The highest BCUT2D eigenvalue weighted by molar-refractivity contribution is 6.10. The molecule has 3 aliphatic rings. The van der Waals surface area contributed by atoms with Crippen molar-refractivity contribution in [2.75, 3.05) is 13.3 Å². The molecule has 178 valence electrons. The van der Waals surface area contributed by atoms with Crippen LogP contribution in [-0.4, -0.2) is 46.9 Å². The van der Waals surface area contributed by atoms with E-state index in [4.69, 9.17) is 9.47 Å². The van der Waals surface area contributed by atoms with Crippen molar-refractivity contribution < 1.29 is 23.9 Å². The Kier molecular flexibility index (Phi) is 6.02. The number of fused-ring (bicyclic) bond motifs is 1. The van der Waals surface area contributed by atoms with Crippen molar-refractivity contribution in [2.45, 2.75) is 63.5 Å². The monoisotopic (exact) mass is 462 g/mol. The van der Waals surface area contributed by atoms with Gasteiger partial charge in [-0.15, -0.1) is 0 Å². The number of rotatable bonds is 6. The van der Waals surface area contributed by atoms with Gasteiger partial charge in [-0.05, 0) is 48.9 Å². The number of hydrogen-bond donors (Lipinski definition) is 0. The van der Waals surface area contributed by atoms with Crippen LogP contribution in [0.2, 0.25) is 0 Å². The van der Waals surface area contributed by atoms with Crippen LogP contribution in [0.4, 0.5) is 0 Å². The molecule has 2 fully saturated rings. The van der Waals surface area contributed by atoms with Crippen molar-refractivity contribution in [3.8, 4) is 11.5 Å². The van der Waals surface area contributed by atoms with E-state index in [1.807, 2.05) is 41.3 Å². The fourth-order valence-electron chi connectivity index (χ4n) is 5.52. The van der Waals surface area contributed by atoms with Gasteiger partial charge in [-0.25, -0.2) is 0 Å². The number of piperidine rings is 1. The molecule has 0 radical (unpaired) electrons. The largest absolute Gasteiger partial charge is 0.454 e. The van der Waals surface area contributed by atoms with E-state index < -0.39 is 5.41 Å². The van der Waals surface area contributed by atoms with Crippen LogP contribution in [-0.2, 0) is 26.3 Å². The minimum Gasteiger partial charge on any atom is -0.454 e. The van der Waals surface area contributed by atoms with Crippen molar-refractivity contribution in [2.24, 2.45) is 0 Å². The third kappa shape index (κ3) is 3.93. The summed E-state index contributed by atoms with van der Waals surface area (Å²) in [5.41, 5.74) is 0.324. The zero-order valence-electron chi connectivity index (χ0n) is 19.5. The Bertz CT molecular complexity index is 1100. The fraction of sp³-hybridized carbons (Fsp3) is 0.444. The smallest absolute Gasteiger partial charge is 0.241 e. The summed E-state index contributed by atoms with van der Waals surface area (Å²) in [6.07, 6.45) is 3.99. The average Bonchev–Trinajstić information content (AvgIpc) is 3.43. The maximum absolute atomic E-state index is 13.9. The maximum atomic E-state index is 13.9. The number of nitrogens with zero attached hydrogens (tertiary/aromatic N) is 2. The summed E-state index contributed by atoms with van der Waals surface area (Å²) in [5.74, 6) is 0.655. The third-order valence-corrected chi connectivity index (χ3v) is 7.38. The maximum Gasteiger partial charge on any atom is 0.241 e. The van der Waals surface area contributed by atoms with Gasteiger partial charge < -0.3 is 14.4 Å². The molecule has 2 aromatic rings. The summed E-state index contributed by atoms with van der Waals surface area (Å²) in [6.45, 7) is 3.11. The topological polar surface area (TPSA) is 76.2 Å². The van der Waals surface area contributed by atoms with Crippen LogP contribution in [0.3, 0.4) is 0 Å². The molecule has 7 heteroatoms. The Hall–Kier alpha value is -3.35. The molecule has 2 aromatic carbocycles. The Morgan fingerprint density at radius 1 is 1.06 bits per heavy atom. The molecule has 7 nitrogen and oxygen atoms in total. The summed E-state index contributed by atoms with van der Waals surface area (Å²) < 4.78 is 10.8. The molecule has 5 rings (SSSR count). The van der Waals surface area contributed by atoms with Gasteiger partial charge in [-0.1, -0.05) is 43.3 Å². The lowest BCUT2D eigenvalue weighted by Gasteiger charge is -2.37. The lowest BCUT2D eigenvalue weighted by Crippen LogP contribution is -2.48. The van der Waals surface area contributed by atoms with E-state index in [-0.39, 0.29) is 49.9 Å². The Morgan fingerprint density at radius 2 is 1.85 bits per heavy atom. The summed E-state index contributed by atoms with van der Waals surface area (Å²) in [6, 6.07) is 14.9. The average molecular weight is 463 g/mol. The molecule has 0 saturated carbocycles. The third-order valence-electron chi connectivity index (χ3n) is 7.38. The Labute approximate surface area is 199 Å². The minimum atomic E-state index is -1.18. The first-order chi connectivity index (χ1) is 16.5. The molecular weight excluding hydrogens is 432 g/mol. The van der Waals surface area contributed by atoms with Gasteiger partial charge in [0, 0.05) is 25.4 Å². The fourth-order valence-corrected chi connectivity index (χ4v) is 5.52. The highest BCUT2D eigenvalue weighted by atomic mass is 16.7. The SMILES string of the molecule is CC[C@H]1CCCCN1C(=O)C[C@]1(c2ccccc2)CC(=O)N(Cc2ccc3c(c2)OCO3)C1=O. The number of amides is 3. The summed E-state index contributed by atoms with van der Waals surface area (Å²) in [7, 11) is 0. The summed E-state index contributed by atoms with van der Waals surface area (Å²) in [4.78, 5) is 43.9. The van der Waals surface area contributed by atoms with Crippen LogP contribution < -0.4 is 9.47 Å². The van der Waals surface area contributed by atoms with Gasteiger partial charge in [0.05, 0.1) is 12.0 Å². The normalized spacial score (nSPS) is 24.1. The number of imide groups is 1. The summed E-state index contributed by atoms with van der Waals surface area (Å²) in [5, 5.41) is 0. The van der Waals surface area contributed by atoms with Crippen molar-refractivity contribution >= 4 is 17.7 Å². The first kappa shape index (κ1) is 22.4. The van der Waals surface area contributed by atoms with E-state index in [1.165, 1.54) is 4.90 Å². The highest BCUT2D eigenvalue weighted by Crippen LogP contribution is 2.42. The highest BCUT2D eigenvalue weighted by Gasteiger charge is 2.54. The zero-order chi connectivity index (χ0) is 23.7. The van der Waals surface area contributed by atoms with Crippen LogP contribution >= 0.6 is 0 Å². The molecule has 3 amide bonds.